The molecule has 2 aliphatic heterocycles. The topological polar surface area (TPSA) is 65.5 Å². The van der Waals surface area contributed by atoms with Crippen molar-refractivity contribution < 1.29 is 9.59 Å². The number of aromatic nitrogens is 1. The summed E-state index contributed by atoms with van der Waals surface area (Å²) in [5, 5.41) is 3.01. The largest absolute Gasteiger partial charge is 0.357 e. The van der Waals surface area contributed by atoms with E-state index in [0.717, 1.165) is 30.0 Å². The fraction of sp³-hybridized carbons (Fsp3) is 0.435. The van der Waals surface area contributed by atoms with E-state index in [0.29, 0.717) is 19.6 Å². The highest BCUT2D eigenvalue weighted by atomic mass is 16.2. The van der Waals surface area contributed by atoms with E-state index in [4.69, 9.17) is 0 Å². The summed E-state index contributed by atoms with van der Waals surface area (Å²) < 4.78 is 0. The van der Waals surface area contributed by atoms with Gasteiger partial charge in [-0.1, -0.05) is 30.3 Å². The highest BCUT2D eigenvalue weighted by Crippen LogP contribution is 2.21. The van der Waals surface area contributed by atoms with E-state index in [9.17, 15) is 9.59 Å². The first-order valence-electron chi connectivity index (χ1n) is 10.5. The van der Waals surface area contributed by atoms with Gasteiger partial charge in [-0.25, -0.2) is 4.98 Å². The molecule has 1 N–H and O–H groups in total. The molecule has 2 saturated heterocycles. The SMILES string of the molecule is O=C(NCc1ccnc(N2CCCCC2)c1)C1CC(=O)N(Cc2ccccc2)C1. The van der Waals surface area contributed by atoms with Gasteiger partial charge in [-0.3, -0.25) is 9.59 Å². The molecule has 6 heteroatoms. The Hall–Kier alpha value is -2.89. The van der Waals surface area contributed by atoms with Crippen LogP contribution < -0.4 is 10.2 Å². The van der Waals surface area contributed by atoms with Crippen molar-refractivity contribution in [3.63, 3.8) is 0 Å². The van der Waals surface area contributed by atoms with Crippen LogP contribution in [0, 0.1) is 5.92 Å². The van der Waals surface area contributed by atoms with Gasteiger partial charge in [0.25, 0.3) is 0 Å². The Balaban J connectivity index is 1.30. The molecule has 4 rings (SSSR count). The van der Waals surface area contributed by atoms with Crippen LogP contribution in [0.15, 0.2) is 48.7 Å². The van der Waals surface area contributed by atoms with Crippen molar-refractivity contribution in [3.8, 4) is 0 Å². The fourth-order valence-corrected chi connectivity index (χ4v) is 4.10. The molecule has 1 atom stereocenters. The third-order valence-electron chi connectivity index (χ3n) is 5.76. The molecule has 2 fully saturated rings. The number of pyridine rings is 1. The summed E-state index contributed by atoms with van der Waals surface area (Å²) in [6, 6.07) is 13.9. The lowest BCUT2D eigenvalue weighted by Gasteiger charge is -2.28. The van der Waals surface area contributed by atoms with Crippen molar-refractivity contribution in [1.82, 2.24) is 15.2 Å². The van der Waals surface area contributed by atoms with E-state index in [2.05, 4.69) is 21.3 Å². The van der Waals surface area contributed by atoms with E-state index < -0.39 is 0 Å². The Bertz CT molecular complexity index is 849. The summed E-state index contributed by atoms with van der Waals surface area (Å²) in [7, 11) is 0. The number of carbonyl (C=O) groups is 2. The summed E-state index contributed by atoms with van der Waals surface area (Å²) in [5.74, 6) is 0.701. The molecule has 2 aliphatic rings. The smallest absolute Gasteiger partial charge is 0.225 e. The van der Waals surface area contributed by atoms with E-state index in [1.165, 1.54) is 19.3 Å². The molecule has 152 valence electrons. The lowest BCUT2D eigenvalue weighted by atomic mass is 10.1. The Kier molecular flexibility index (Phi) is 6.08. The molecule has 1 aromatic heterocycles. The predicted octanol–water partition coefficient (Wildman–Crippen LogP) is 2.74. The number of benzene rings is 1. The Morgan fingerprint density at radius 3 is 2.66 bits per heavy atom. The van der Waals surface area contributed by atoms with Crippen molar-refractivity contribution in [2.75, 3.05) is 24.5 Å². The maximum Gasteiger partial charge on any atom is 0.225 e. The molecule has 0 radical (unpaired) electrons. The molecule has 2 aromatic rings. The molecule has 1 aromatic carbocycles. The van der Waals surface area contributed by atoms with Gasteiger partial charge in [-0.05, 0) is 42.5 Å². The maximum absolute atomic E-state index is 12.6. The van der Waals surface area contributed by atoms with Crippen LogP contribution >= 0.6 is 0 Å². The first kappa shape index (κ1) is 19.4. The van der Waals surface area contributed by atoms with Gasteiger partial charge in [-0.2, -0.15) is 0 Å². The number of likely N-dealkylation sites (tertiary alicyclic amines) is 1. The number of amides is 2. The van der Waals surface area contributed by atoms with Gasteiger partial charge in [0.15, 0.2) is 0 Å². The number of carbonyl (C=O) groups excluding carboxylic acids is 2. The van der Waals surface area contributed by atoms with Crippen LogP contribution in [0.1, 0.15) is 36.8 Å². The standard InChI is InChI=1S/C23H28N4O2/c28-22-14-20(17-27(22)16-18-7-3-1-4-8-18)23(29)25-15-19-9-10-24-21(13-19)26-11-5-2-6-12-26/h1,3-4,7-10,13,20H,2,5-6,11-12,14-17H2,(H,25,29). The second-order valence-corrected chi connectivity index (χ2v) is 7.95. The van der Waals surface area contributed by atoms with E-state index in [-0.39, 0.29) is 24.2 Å². The molecule has 1 unspecified atom stereocenters. The summed E-state index contributed by atoms with van der Waals surface area (Å²) in [5.41, 5.74) is 2.13. The first-order chi connectivity index (χ1) is 14.2. The van der Waals surface area contributed by atoms with Crippen LogP contribution in [0.5, 0.6) is 0 Å². The Labute approximate surface area is 171 Å². The van der Waals surface area contributed by atoms with E-state index in [1.54, 1.807) is 4.90 Å². The number of piperidine rings is 1. The van der Waals surface area contributed by atoms with E-state index >= 15 is 0 Å². The highest BCUT2D eigenvalue weighted by Gasteiger charge is 2.34. The van der Waals surface area contributed by atoms with Gasteiger partial charge in [0.1, 0.15) is 5.82 Å². The number of anilines is 1. The number of rotatable bonds is 6. The molecule has 29 heavy (non-hydrogen) atoms. The molecule has 6 nitrogen and oxygen atoms in total. The molecule has 0 saturated carbocycles. The average Bonchev–Trinajstić information content (AvgIpc) is 3.14. The number of nitrogens with one attached hydrogen (secondary N) is 1. The van der Waals surface area contributed by atoms with E-state index in [1.807, 2.05) is 42.6 Å². The van der Waals surface area contributed by atoms with Gasteiger partial charge < -0.3 is 15.1 Å². The first-order valence-corrected chi connectivity index (χ1v) is 10.5. The highest BCUT2D eigenvalue weighted by molar-refractivity contribution is 5.89. The molecule has 0 aliphatic carbocycles. The summed E-state index contributed by atoms with van der Waals surface area (Å²) >= 11 is 0. The van der Waals surface area contributed by atoms with Crippen LogP contribution in [0.3, 0.4) is 0 Å². The minimum atomic E-state index is -0.283. The lowest BCUT2D eigenvalue weighted by Crippen LogP contribution is -2.33. The number of hydrogen-bond acceptors (Lipinski definition) is 4. The van der Waals surface area contributed by atoms with Crippen molar-refractivity contribution in [3.05, 3.63) is 59.8 Å². The summed E-state index contributed by atoms with van der Waals surface area (Å²) in [6.45, 7) is 3.60. The molecular weight excluding hydrogens is 364 g/mol. The lowest BCUT2D eigenvalue weighted by molar-refractivity contribution is -0.129. The second kappa shape index (κ2) is 9.07. The molecule has 0 bridgehead atoms. The zero-order chi connectivity index (χ0) is 20.1. The Morgan fingerprint density at radius 1 is 1.07 bits per heavy atom. The third-order valence-corrected chi connectivity index (χ3v) is 5.76. The minimum absolute atomic E-state index is 0.0466. The van der Waals surface area contributed by atoms with Gasteiger partial charge in [0.05, 0.1) is 5.92 Å². The number of nitrogens with zero attached hydrogens (tertiary/aromatic N) is 3. The summed E-state index contributed by atoms with van der Waals surface area (Å²) in [6.07, 6.45) is 5.80. The van der Waals surface area contributed by atoms with Crippen LogP contribution in [-0.4, -0.2) is 41.3 Å². The average molecular weight is 393 g/mol. The maximum atomic E-state index is 12.6. The van der Waals surface area contributed by atoms with Crippen LogP contribution in [-0.2, 0) is 22.7 Å². The van der Waals surface area contributed by atoms with Gasteiger partial charge >= 0.3 is 0 Å². The monoisotopic (exact) mass is 392 g/mol. The second-order valence-electron chi connectivity index (χ2n) is 7.95. The fourth-order valence-electron chi connectivity index (χ4n) is 4.10. The molecular formula is C23H28N4O2. The Morgan fingerprint density at radius 2 is 1.86 bits per heavy atom. The van der Waals surface area contributed by atoms with Gasteiger partial charge in [0, 0.05) is 45.3 Å². The third kappa shape index (κ3) is 4.94. The van der Waals surface area contributed by atoms with Crippen molar-refractivity contribution >= 4 is 17.6 Å². The minimum Gasteiger partial charge on any atom is -0.357 e. The normalized spacial score (nSPS) is 19.4. The quantitative estimate of drug-likeness (QED) is 0.821. The van der Waals surface area contributed by atoms with Crippen molar-refractivity contribution in [2.45, 2.75) is 38.8 Å². The van der Waals surface area contributed by atoms with Gasteiger partial charge in [0.2, 0.25) is 11.8 Å². The molecule has 0 spiro atoms. The predicted molar refractivity (Wildman–Crippen MR) is 112 cm³/mol. The van der Waals surface area contributed by atoms with Crippen molar-refractivity contribution in [1.29, 1.82) is 0 Å². The van der Waals surface area contributed by atoms with Crippen LogP contribution in [0.2, 0.25) is 0 Å². The zero-order valence-corrected chi connectivity index (χ0v) is 16.7. The van der Waals surface area contributed by atoms with Gasteiger partial charge in [-0.15, -0.1) is 0 Å². The van der Waals surface area contributed by atoms with Crippen molar-refractivity contribution in [2.24, 2.45) is 5.92 Å². The number of hydrogen-bond donors (Lipinski definition) is 1. The summed E-state index contributed by atoms with van der Waals surface area (Å²) in [4.78, 5) is 33.5. The molecule has 3 heterocycles. The zero-order valence-electron chi connectivity index (χ0n) is 16.7. The van der Waals surface area contributed by atoms with Crippen LogP contribution in [0.4, 0.5) is 5.82 Å². The van der Waals surface area contributed by atoms with Crippen LogP contribution in [0.25, 0.3) is 0 Å². The molecule has 2 amide bonds.